The van der Waals surface area contributed by atoms with Crippen molar-refractivity contribution in [2.75, 3.05) is 13.2 Å². The van der Waals surface area contributed by atoms with Gasteiger partial charge in [-0.2, -0.15) is 8.78 Å². The van der Waals surface area contributed by atoms with Gasteiger partial charge in [0.1, 0.15) is 0 Å². The van der Waals surface area contributed by atoms with Crippen LogP contribution in [-0.2, 0) is 9.47 Å². The van der Waals surface area contributed by atoms with E-state index in [0.29, 0.717) is 13.2 Å². The second-order valence-electron chi connectivity index (χ2n) is 7.76. The van der Waals surface area contributed by atoms with Crippen LogP contribution >= 0.6 is 0 Å². The fourth-order valence-corrected chi connectivity index (χ4v) is 3.91. The van der Waals surface area contributed by atoms with Crippen LogP contribution in [0.3, 0.4) is 0 Å². The Hall–Kier alpha value is -1.34. The molecule has 152 valence electrons. The maximum absolute atomic E-state index is 13.8. The third kappa shape index (κ3) is 5.57. The van der Waals surface area contributed by atoms with Crippen LogP contribution in [0.5, 0.6) is 5.75 Å². The highest BCUT2D eigenvalue weighted by Gasteiger charge is 2.27. The van der Waals surface area contributed by atoms with Crippen LogP contribution in [0.4, 0.5) is 17.6 Å². The SMILES string of the molecule is CC1CCC(CCC2COC(c3cc(F)c(OC(F)F)c(F)c3)OC2)CC1. The van der Waals surface area contributed by atoms with E-state index in [0.717, 1.165) is 36.8 Å². The number of halogens is 4. The molecule has 7 heteroatoms. The lowest BCUT2D eigenvalue weighted by Gasteiger charge is -2.32. The second kappa shape index (κ2) is 9.24. The molecule has 0 N–H and O–H groups in total. The van der Waals surface area contributed by atoms with Crippen molar-refractivity contribution < 1.29 is 31.8 Å². The van der Waals surface area contributed by atoms with Crippen LogP contribution in [0.25, 0.3) is 0 Å². The Balaban J connectivity index is 1.49. The van der Waals surface area contributed by atoms with Crippen LogP contribution < -0.4 is 4.74 Å². The summed E-state index contributed by atoms with van der Waals surface area (Å²) < 4.78 is 67.2. The van der Waals surface area contributed by atoms with Crippen LogP contribution in [0.2, 0.25) is 0 Å². The number of hydrogen-bond donors (Lipinski definition) is 0. The predicted octanol–water partition coefficient (Wildman–Crippen LogP) is 5.83. The summed E-state index contributed by atoms with van der Waals surface area (Å²) >= 11 is 0. The van der Waals surface area contributed by atoms with E-state index in [2.05, 4.69) is 11.7 Å². The molecule has 1 aliphatic carbocycles. The van der Waals surface area contributed by atoms with Crippen molar-refractivity contribution in [3.05, 3.63) is 29.3 Å². The topological polar surface area (TPSA) is 27.7 Å². The molecular formula is C20H26F4O3. The van der Waals surface area contributed by atoms with Crippen molar-refractivity contribution in [2.45, 2.75) is 58.4 Å². The third-order valence-electron chi connectivity index (χ3n) is 5.58. The minimum atomic E-state index is -3.30. The summed E-state index contributed by atoms with van der Waals surface area (Å²) in [5, 5.41) is 0. The van der Waals surface area contributed by atoms with E-state index < -0.39 is 30.3 Å². The van der Waals surface area contributed by atoms with Crippen LogP contribution in [0.1, 0.15) is 57.3 Å². The zero-order valence-electron chi connectivity index (χ0n) is 15.4. The number of rotatable bonds is 6. The first-order valence-electron chi connectivity index (χ1n) is 9.59. The highest BCUT2D eigenvalue weighted by molar-refractivity contribution is 5.32. The summed E-state index contributed by atoms with van der Waals surface area (Å²) in [5.74, 6) is -1.63. The van der Waals surface area contributed by atoms with Crippen molar-refractivity contribution in [3.8, 4) is 5.75 Å². The van der Waals surface area contributed by atoms with Gasteiger partial charge < -0.3 is 14.2 Å². The molecule has 0 radical (unpaired) electrons. The smallest absolute Gasteiger partial charge is 0.387 e. The highest BCUT2D eigenvalue weighted by atomic mass is 19.3. The maximum Gasteiger partial charge on any atom is 0.387 e. The first-order valence-corrected chi connectivity index (χ1v) is 9.59. The van der Waals surface area contributed by atoms with Crippen LogP contribution in [0.15, 0.2) is 12.1 Å². The summed E-state index contributed by atoms with van der Waals surface area (Å²) in [5.41, 5.74) is 0.117. The lowest BCUT2D eigenvalue weighted by Crippen LogP contribution is -2.28. The summed E-state index contributed by atoms with van der Waals surface area (Å²) in [6.45, 7) is -0.0921. The van der Waals surface area contributed by atoms with Crippen molar-refractivity contribution in [1.82, 2.24) is 0 Å². The normalized spacial score (nSPS) is 29.1. The van der Waals surface area contributed by atoms with Crippen LogP contribution in [-0.4, -0.2) is 19.8 Å². The fraction of sp³-hybridized carbons (Fsp3) is 0.700. The van der Waals surface area contributed by atoms with E-state index in [4.69, 9.17) is 9.47 Å². The van der Waals surface area contributed by atoms with E-state index in [1.165, 1.54) is 25.7 Å². The minimum Gasteiger partial charge on any atom is -0.429 e. The van der Waals surface area contributed by atoms with E-state index in [-0.39, 0.29) is 11.5 Å². The Morgan fingerprint density at radius 2 is 1.52 bits per heavy atom. The van der Waals surface area contributed by atoms with E-state index in [9.17, 15) is 17.6 Å². The molecule has 2 aliphatic rings. The standard InChI is InChI=1S/C20H26F4O3/c1-12-2-4-13(5-3-12)6-7-14-10-25-19(26-11-14)15-8-16(21)18(17(22)9-15)27-20(23)24/h8-9,12-14,19-20H,2-7,10-11H2,1H3. The summed E-state index contributed by atoms with van der Waals surface area (Å²) in [6.07, 6.45) is 6.42. The largest absolute Gasteiger partial charge is 0.429 e. The third-order valence-corrected chi connectivity index (χ3v) is 5.58. The Labute approximate surface area is 157 Å². The zero-order valence-corrected chi connectivity index (χ0v) is 15.4. The molecule has 0 atom stereocenters. The van der Waals surface area contributed by atoms with Crippen molar-refractivity contribution in [3.63, 3.8) is 0 Å². The Bertz CT molecular complexity index is 586. The van der Waals surface area contributed by atoms with Gasteiger partial charge in [-0.15, -0.1) is 0 Å². The van der Waals surface area contributed by atoms with Gasteiger partial charge in [0.25, 0.3) is 0 Å². The first kappa shape index (κ1) is 20.4. The average molecular weight is 390 g/mol. The number of benzene rings is 1. The first-order chi connectivity index (χ1) is 12.9. The highest BCUT2D eigenvalue weighted by Crippen LogP contribution is 2.35. The van der Waals surface area contributed by atoms with E-state index in [1.54, 1.807) is 0 Å². The van der Waals surface area contributed by atoms with Gasteiger partial charge in [-0.05, 0) is 30.4 Å². The maximum atomic E-state index is 13.8. The van der Waals surface area contributed by atoms with Crippen molar-refractivity contribution in [2.24, 2.45) is 17.8 Å². The molecule has 1 aromatic carbocycles. The van der Waals surface area contributed by atoms with E-state index in [1.807, 2.05) is 0 Å². The molecule has 1 aliphatic heterocycles. The molecule has 1 saturated carbocycles. The molecule has 0 bridgehead atoms. The lowest BCUT2D eigenvalue weighted by atomic mass is 9.80. The summed E-state index contributed by atoms with van der Waals surface area (Å²) in [4.78, 5) is 0. The number of hydrogen-bond acceptors (Lipinski definition) is 3. The summed E-state index contributed by atoms with van der Waals surface area (Å²) in [7, 11) is 0. The fourth-order valence-electron chi connectivity index (χ4n) is 3.91. The van der Waals surface area contributed by atoms with Gasteiger partial charge >= 0.3 is 6.61 Å². The van der Waals surface area contributed by atoms with Gasteiger partial charge in [-0.25, -0.2) is 8.78 Å². The molecule has 1 saturated heterocycles. The average Bonchev–Trinajstić information content (AvgIpc) is 2.64. The predicted molar refractivity (Wildman–Crippen MR) is 91.5 cm³/mol. The van der Waals surface area contributed by atoms with Gasteiger partial charge in [-0.3, -0.25) is 0 Å². The van der Waals surface area contributed by atoms with Crippen LogP contribution in [0, 0.1) is 29.4 Å². The molecule has 0 aromatic heterocycles. The Morgan fingerprint density at radius 3 is 2.07 bits per heavy atom. The Kier molecular flexibility index (Phi) is 6.98. The van der Waals surface area contributed by atoms with Gasteiger partial charge in [0.2, 0.25) is 0 Å². The van der Waals surface area contributed by atoms with Gasteiger partial charge in [0.05, 0.1) is 13.2 Å². The molecule has 27 heavy (non-hydrogen) atoms. The Morgan fingerprint density at radius 1 is 0.963 bits per heavy atom. The zero-order chi connectivity index (χ0) is 19.4. The van der Waals surface area contributed by atoms with Gasteiger partial charge in [0.15, 0.2) is 23.7 Å². The summed E-state index contributed by atoms with van der Waals surface area (Å²) in [6, 6.07) is 1.82. The molecule has 3 nitrogen and oxygen atoms in total. The second-order valence-corrected chi connectivity index (χ2v) is 7.76. The molecule has 0 amide bonds. The van der Waals surface area contributed by atoms with Gasteiger partial charge in [0, 0.05) is 11.5 Å². The number of alkyl halides is 2. The molecule has 1 aromatic rings. The van der Waals surface area contributed by atoms with Crippen molar-refractivity contribution >= 4 is 0 Å². The molecule has 3 rings (SSSR count). The lowest BCUT2D eigenvalue weighted by molar-refractivity contribution is -0.206. The quantitative estimate of drug-likeness (QED) is 0.572. The number of ether oxygens (including phenoxy) is 3. The molecule has 1 heterocycles. The molecule has 0 spiro atoms. The molecule has 2 fully saturated rings. The van der Waals surface area contributed by atoms with Crippen molar-refractivity contribution in [1.29, 1.82) is 0 Å². The molecular weight excluding hydrogens is 364 g/mol. The monoisotopic (exact) mass is 390 g/mol. The van der Waals surface area contributed by atoms with E-state index >= 15 is 0 Å². The van der Waals surface area contributed by atoms with Gasteiger partial charge in [-0.1, -0.05) is 39.0 Å². The molecule has 0 unspecified atom stereocenters. The minimum absolute atomic E-state index is 0.117.